The number of thiol groups is 2. The monoisotopic (exact) mass is 554 g/mol. The molecule has 186 valence electrons. The summed E-state index contributed by atoms with van der Waals surface area (Å²) in [4.78, 5) is 15.6. The Labute approximate surface area is 224 Å². The minimum atomic E-state index is -1.04. The number of benzene rings is 2. The molecule has 1 aromatic heterocycles. The highest BCUT2D eigenvalue weighted by molar-refractivity contribution is 7.99. The van der Waals surface area contributed by atoms with Crippen LogP contribution in [-0.2, 0) is 13.6 Å². The van der Waals surface area contributed by atoms with E-state index in [2.05, 4.69) is 35.6 Å². The van der Waals surface area contributed by atoms with E-state index in [4.69, 9.17) is 37.4 Å². The maximum Gasteiger partial charge on any atom is 0.337 e. The van der Waals surface area contributed by atoms with Crippen LogP contribution in [0.5, 0.6) is 5.75 Å². The number of para-hydroxylation sites is 1. The molecule has 3 rings (SSSR count). The molecule has 0 amide bonds. The SMILES string of the molecule is O=C(O)c1ccccc1Nc1cc(Cl)c(OCCOCCOCC(S)(S)c2ccccn2)c(Cl)c1. The first-order chi connectivity index (χ1) is 16.8. The van der Waals surface area contributed by atoms with Gasteiger partial charge in [0, 0.05) is 11.9 Å². The Balaban J connectivity index is 1.41. The molecule has 2 N–H and O–H groups in total. The molecule has 7 nitrogen and oxygen atoms in total. The number of rotatable bonds is 13. The fourth-order valence-corrected chi connectivity index (χ4v) is 4.06. The molecule has 35 heavy (non-hydrogen) atoms. The summed E-state index contributed by atoms with van der Waals surface area (Å²) in [5.74, 6) is -0.727. The molecule has 0 aliphatic rings. The first kappa shape index (κ1) is 27.4. The number of hydrogen-bond acceptors (Lipinski definition) is 8. The molecule has 0 fully saturated rings. The second-order valence-electron chi connectivity index (χ2n) is 7.29. The van der Waals surface area contributed by atoms with Crippen LogP contribution in [0, 0.1) is 0 Å². The van der Waals surface area contributed by atoms with Gasteiger partial charge in [-0.2, -0.15) is 25.3 Å². The van der Waals surface area contributed by atoms with E-state index in [1.54, 1.807) is 36.5 Å². The first-order valence-corrected chi connectivity index (χ1v) is 12.2. The lowest BCUT2D eigenvalue weighted by Gasteiger charge is -2.21. The van der Waals surface area contributed by atoms with E-state index < -0.39 is 10.0 Å². The second-order valence-corrected chi connectivity index (χ2v) is 9.98. The summed E-state index contributed by atoms with van der Waals surface area (Å²) in [6, 6.07) is 15.3. The van der Waals surface area contributed by atoms with E-state index in [0.717, 1.165) is 0 Å². The Morgan fingerprint density at radius 3 is 2.31 bits per heavy atom. The molecule has 0 aliphatic heterocycles. The van der Waals surface area contributed by atoms with Gasteiger partial charge in [0.1, 0.15) is 10.7 Å². The van der Waals surface area contributed by atoms with Gasteiger partial charge < -0.3 is 24.6 Å². The minimum absolute atomic E-state index is 0.132. The zero-order valence-corrected chi connectivity index (χ0v) is 21.8. The predicted octanol–water partition coefficient (Wildman–Crippen LogP) is 5.95. The van der Waals surface area contributed by atoms with Crippen molar-refractivity contribution in [1.82, 2.24) is 4.98 Å². The number of halogens is 2. The Bertz CT molecular complexity index is 1110. The Kier molecular flexibility index (Phi) is 10.4. The van der Waals surface area contributed by atoms with Crippen LogP contribution < -0.4 is 10.1 Å². The molecule has 0 spiro atoms. The maximum absolute atomic E-state index is 11.4. The summed E-state index contributed by atoms with van der Waals surface area (Å²) < 4.78 is 16.0. The molecular weight excluding hydrogens is 531 g/mol. The van der Waals surface area contributed by atoms with E-state index >= 15 is 0 Å². The van der Waals surface area contributed by atoms with Crippen LogP contribution in [0.4, 0.5) is 11.4 Å². The average molecular weight is 556 g/mol. The Morgan fingerprint density at radius 1 is 0.971 bits per heavy atom. The molecule has 0 unspecified atom stereocenters. The van der Waals surface area contributed by atoms with E-state index in [-0.39, 0.29) is 28.8 Å². The van der Waals surface area contributed by atoms with Gasteiger partial charge in [-0.05, 0) is 36.4 Å². The van der Waals surface area contributed by atoms with Crippen LogP contribution in [0.15, 0.2) is 60.8 Å². The number of carboxylic acids is 1. The van der Waals surface area contributed by atoms with Gasteiger partial charge in [-0.1, -0.05) is 41.4 Å². The molecule has 0 aliphatic carbocycles. The molecule has 0 saturated heterocycles. The number of carbonyl (C=O) groups is 1. The number of aromatic carboxylic acids is 1. The van der Waals surface area contributed by atoms with E-state index in [0.29, 0.717) is 42.6 Å². The van der Waals surface area contributed by atoms with E-state index in [1.807, 2.05) is 18.2 Å². The highest BCUT2D eigenvalue weighted by Crippen LogP contribution is 2.37. The molecule has 1 heterocycles. The lowest BCUT2D eigenvalue weighted by atomic mass is 10.1. The van der Waals surface area contributed by atoms with Crippen LogP contribution in [-0.4, -0.2) is 49.1 Å². The summed E-state index contributed by atoms with van der Waals surface area (Å²) in [5, 5.41) is 12.9. The van der Waals surface area contributed by atoms with Crippen LogP contribution >= 0.6 is 48.5 Å². The number of nitrogens with zero attached hydrogens (tertiary/aromatic N) is 1. The standard InChI is InChI=1S/C24H24Cl2N2O5S2/c25-18-13-16(28-20-6-2-1-5-17(20)23(29)30)14-19(26)22(18)33-12-11-31-9-10-32-15-24(34,35)21-7-3-4-8-27-21/h1-8,13-14,28,34-35H,9-12,15H2,(H,29,30). The van der Waals surface area contributed by atoms with Crippen molar-refractivity contribution < 1.29 is 24.1 Å². The number of hydrogen-bond donors (Lipinski definition) is 4. The predicted molar refractivity (Wildman–Crippen MR) is 144 cm³/mol. The van der Waals surface area contributed by atoms with Gasteiger partial charge in [0.05, 0.1) is 53.4 Å². The molecule has 0 bridgehead atoms. The molecule has 0 saturated carbocycles. The fraction of sp³-hybridized carbons (Fsp3) is 0.250. The molecule has 3 aromatic rings. The third kappa shape index (κ3) is 8.20. The van der Waals surface area contributed by atoms with Crippen molar-refractivity contribution in [2.75, 3.05) is 38.4 Å². The van der Waals surface area contributed by atoms with Gasteiger partial charge >= 0.3 is 5.97 Å². The van der Waals surface area contributed by atoms with Crippen molar-refractivity contribution in [2.45, 2.75) is 4.08 Å². The van der Waals surface area contributed by atoms with Crippen molar-refractivity contribution in [3.05, 3.63) is 82.1 Å². The normalized spacial score (nSPS) is 11.3. The van der Waals surface area contributed by atoms with Gasteiger partial charge in [-0.25, -0.2) is 4.79 Å². The van der Waals surface area contributed by atoms with Gasteiger partial charge in [0.2, 0.25) is 0 Å². The summed E-state index contributed by atoms with van der Waals surface area (Å²) in [5.41, 5.74) is 1.79. The number of nitrogens with one attached hydrogen (secondary N) is 1. The van der Waals surface area contributed by atoms with Crippen molar-refractivity contribution in [3.8, 4) is 5.75 Å². The summed E-state index contributed by atoms with van der Waals surface area (Å²) in [6.45, 7) is 1.50. The largest absolute Gasteiger partial charge is 0.488 e. The third-order valence-electron chi connectivity index (χ3n) is 4.66. The highest BCUT2D eigenvalue weighted by Gasteiger charge is 2.24. The van der Waals surface area contributed by atoms with Crippen molar-refractivity contribution in [1.29, 1.82) is 0 Å². The van der Waals surface area contributed by atoms with Gasteiger partial charge in [-0.15, -0.1) is 0 Å². The van der Waals surface area contributed by atoms with Crippen LogP contribution in [0.1, 0.15) is 16.1 Å². The van der Waals surface area contributed by atoms with Crippen LogP contribution in [0.2, 0.25) is 10.0 Å². The average Bonchev–Trinajstić information content (AvgIpc) is 2.83. The van der Waals surface area contributed by atoms with Crippen LogP contribution in [0.25, 0.3) is 0 Å². The Hall–Kier alpha value is -2.14. The van der Waals surface area contributed by atoms with E-state index in [9.17, 15) is 9.90 Å². The summed E-state index contributed by atoms with van der Waals surface area (Å²) in [7, 11) is 0. The molecule has 0 atom stereocenters. The first-order valence-electron chi connectivity index (χ1n) is 10.5. The lowest BCUT2D eigenvalue weighted by Crippen LogP contribution is -2.22. The smallest absolute Gasteiger partial charge is 0.337 e. The third-order valence-corrected chi connectivity index (χ3v) is 5.94. The fourth-order valence-electron chi connectivity index (χ4n) is 3.01. The molecule has 11 heteroatoms. The molecular formula is C24H24Cl2N2O5S2. The zero-order valence-electron chi connectivity index (χ0n) is 18.5. The number of aromatic nitrogens is 1. The van der Waals surface area contributed by atoms with Crippen molar-refractivity contribution >= 4 is 65.8 Å². The zero-order chi connectivity index (χ0) is 25.3. The van der Waals surface area contributed by atoms with Gasteiger partial charge in [0.25, 0.3) is 0 Å². The molecule has 0 radical (unpaired) electrons. The number of anilines is 2. The summed E-state index contributed by atoms with van der Waals surface area (Å²) in [6.07, 6.45) is 1.68. The number of ether oxygens (including phenoxy) is 3. The molecule has 2 aromatic carbocycles. The van der Waals surface area contributed by atoms with Crippen LogP contribution in [0.3, 0.4) is 0 Å². The van der Waals surface area contributed by atoms with Gasteiger partial charge in [-0.3, -0.25) is 4.98 Å². The maximum atomic E-state index is 11.4. The summed E-state index contributed by atoms with van der Waals surface area (Å²) >= 11 is 21.7. The lowest BCUT2D eigenvalue weighted by molar-refractivity contribution is 0.0349. The topological polar surface area (TPSA) is 89.9 Å². The number of pyridine rings is 1. The van der Waals surface area contributed by atoms with Gasteiger partial charge in [0.15, 0.2) is 5.75 Å². The van der Waals surface area contributed by atoms with Crippen molar-refractivity contribution in [2.24, 2.45) is 0 Å². The van der Waals surface area contributed by atoms with Crippen molar-refractivity contribution in [3.63, 3.8) is 0 Å². The quantitative estimate of drug-likeness (QED) is 0.118. The second kappa shape index (κ2) is 13.2. The minimum Gasteiger partial charge on any atom is -0.488 e. The van der Waals surface area contributed by atoms with E-state index in [1.165, 1.54) is 6.07 Å². The highest BCUT2D eigenvalue weighted by atomic mass is 35.5. The number of carboxylic acid groups (broad SMARTS) is 1. The Morgan fingerprint density at radius 2 is 1.63 bits per heavy atom.